The first kappa shape index (κ1) is 17.9. The minimum Gasteiger partial charge on any atom is -0.338 e. The number of likely N-dealkylation sites (tertiary alicyclic amines) is 1. The van der Waals surface area contributed by atoms with Gasteiger partial charge >= 0.3 is 0 Å². The van der Waals surface area contributed by atoms with E-state index in [0.29, 0.717) is 24.0 Å². The number of amides is 1. The third kappa shape index (κ3) is 3.18. The quantitative estimate of drug-likeness (QED) is 0.680. The van der Waals surface area contributed by atoms with E-state index >= 15 is 0 Å². The summed E-state index contributed by atoms with van der Waals surface area (Å²) in [6.07, 6.45) is 3.45. The molecule has 1 aromatic carbocycles. The van der Waals surface area contributed by atoms with Gasteiger partial charge in [-0.1, -0.05) is 29.8 Å². The maximum absolute atomic E-state index is 13.1. The summed E-state index contributed by atoms with van der Waals surface area (Å²) >= 11 is 1.47. The van der Waals surface area contributed by atoms with E-state index in [1.807, 2.05) is 18.7 Å². The van der Waals surface area contributed by atoms with Gasteiger partial charge in [0.1, 0.15) is 5.56 Å². The number of aromatic nitrogens is 2. The van der Waals surface area contributed by atoms with Gasteiger partial charge in [-0.15, -0.1) is 11.3 Å². The van der Waals surface area contributed by atoms with Crippen LogP contribution in [-0.2, 0) is 0 Å². The summed E-state index contributed by atoms with van der Waals surface area (Å²) in [7, 11) is 0. The summed E-state index contributed by atoms with van der Waals surface area (Å²) in [6, 6.07) is 8.48. The molecule has 4 rings (SSSR count). The molecule has 0 spiro atoms. The first-order valence-corrected chi connectivity index (χ1v) is 10.1. The van der Waals surface area contributed by atoms with Crippen molar-refractivity contribution in [2.45, 2.75) is 39.5 Å². The molecule has 5 nitrogen and oxygen atoms in total. The molecule has 3 aromatic rings. The number of hydrogen-bond donors (Lipinski definition) is 0. The monoisotopic (exact) mass is 381 g/mol. The fourth-order valence-corrected chi connectivity index (χ4v) is 4.78. The average molecular weight is 382 g/mol. The van der Waals surface area contributed by atoms with Crippen LogP contribution in [0, 0.1) is 20.8 Å². The smallest absolute Gasteiger partial charge is 0.271 e. The second-order valence-corrected chi connectivity index (χ2v) is 8.52. The molecule has 1 amide bonds. The second kappa shape index (κ2) is 6.93. The molecule has 0 radical (unpaired) electrons. The molecule has 0 saturated carbocycles. The van der Waals surface area contributed by atoms with Gasteiger partial charge in [0.05, 0.1) is 0 Å². The van der Waals surface area contributed by atoms with E-state index in [-0.39, 0.29) is 17.0 Å². The lowest BCUT2D eigenvalue weighted by molar-refractivity contribution is 0.0704. The molecule has 140 valence electrons. The van der Waals surface area contributed by atoms with Crippen molar-refractivity contribution in [3.05, 3.63) is 68.1 Å². The summed E-state index contributed by atoms with van der Waals surface area (Å²) in [5, 5.41) is 0. The van der Waals surface area contributed by atoms with E-state index in [4.69, 9.17) is 0 Å². The lowest BCUT2D eigenvalue weighted by atomic mass is 9.89. The molecular weight excluding hydrogens is 358 g/mol. The van der Waals surface area contributed by atoms with E-state index in [1.165, 1.54) is 28.7 Å². The van der Waals surface area contributed by atoms with Crippen molar-refractivity contribution < 1.29 is 4.79 Å². The van der Waals surface area contributed by atoms with E-state index in [2.05, 4.69) is 36.2 Å². The van der Waals surface area contributed by atoms with Gasteiger partial charge in [0.25, 0.3) is 11.5 Å². The second-order valence-electron chi connectivity index (χ2n) is 7.34. The minimum absolute atomic E-state index is 0.165. The number of aryl methyl sites for hydroxylation is 3. The van der Waals surface area contributed by atoms with Crippen LogP contribution < -0.4 is 5.56 Å². The van der Waals surface area contributed by atoms with Crippen molar-refractivity contribution >= 4 is 22.2 Å². The van der Waals surface area contributed by atoms with Crippen LogP contribution >= 0.6 is 11.3 Å². The lowest BCUT2D eigenvalue weighted by Gasteiger charge is -2.33. The number of benzene rings is 1. The molecule has 6 heteroatoms. The third-order valence-corrected chi connectivity index (χ3v) is 6.54. The molecule has 1 unspecified atom stereocenters. The van der Waals surface area contributed by atoms with E-state index in [9.17, 15) is 9.59 Å². The Bertz CT molecular complexity index is 1080. The molecule has 0 aliphatic carbocycles. The van der Waals surface area contributed by atoms with Gasteiger partial charge in [-0.25, -0.2) is 4.98 Å². The Morgan fingerprint density at radius 2 is 2.07 bits per heavy atom. The van der Waals surface area contributed by atoms with Crippen LogP contribution in [0.2, 0.25) is 0 Å². The van der Waals surface area contributed by atoms with Crippen molar-refractivity contribution in [2.24, 2.45) is 0 Å². The summed E-state index contributed by atoms with van der Waals surface area (Å²) in [5.74, 6) is 0.106. The lowest BCUT2D eigenvalue weighted by Crippen LogP contribution is -2.41. The Labute approximate surface area is 162 Å². The van der Waals surface area contributed by atoms with Crippen LogP contribution in [0.3, 0.4) is 0 Å². The number of carbonyl (C=O) groups is 1. The zero-order valence-electron chi connectivity index (χ0n) is 15.9. The highest BCUT2D eigenvalue weighted by atomic mass is 32.1. The highest BCUT2D eigenvalue weighted by Crippen LogP contribution is 2.28. The van der Waals surface area contributed by atoms with E-state index < -0.39 is 0 Å². The Kier molecular flexibility index (Phi) is 4.60. The standard InChI is InChI=1S/C21H23N3O2S/c1-13-6-4-7-16(10-13)17-8-5-9-23(12-17)19(25)18-11-22-21-24(20(18)26)14(2)15(3)27-21/h4,6-7,10-11,17H,5,8-9,12H2,1-3H3. The highest BCUT2D eigenvalue weighted by Gasteiger charge is 2.28. The van der Waals surface area contributed by atoms with Crippen molar-refractivity contribution in [3.63, 3.8) is 0 Å². The van der Waals surface area contributed by atoms with Crippen LogP contribution in [0.4, 0.5) is 0 Å². The fraction of sp³-hybridized carbons (Fsp3) is 0.381. The summed E-state index contributed by atoms with van der Waals surface area (Å²) in [4.78, 5) is 33.9. The number of fused-ring (bicyclic) bond motifs is 1. The van der Waals surface area contributed by atoms with Crippen molar-refractivity contribution in [3.8, 4) is 0 Å². The molecule has 1 saturated heterocycles. The van der Waals surface area contributed by atoms with Crippen LogP contribution in [-0.4, -0.2) is 33.3 Å². The predicted octanol–water partition coefficient (Wildman–Crippen LogP) is 3.70. The Morgan fingerprint density at radius 3 is 2.85 bits per heavy atom. The highest BCUT2D eigenvalue weighted by molar-refractivity contribution is 7.17. The number of nitrogens with zero attached hydrogens (tertiary/aromatic N) is 3. The van der Waals surface area contributed by atoms with Gasteiger partial charge in [0.15, 0.2) is 4.96 Å². The van der Waals surface area contributed by atoms with Gasteiger partial charge in [-0.3, -0.25) is 14.0 Å². The molecule has 3 heterocycles. The van der Waals surface area contributed by atoms with Gasteiger partial charge in [0, 0.05) is 35.8 Å². The zero-order valence-corrected chi connectivity index (χ0v) is 16.7. The minimum atomic E-state index is -0.260. The Hall–Kier alpha value is -2.47. The largest absolute Gasteiger partial charge is 0.338 e. The fourth-order valence-electron chi connectivity index (χ4n) is 3.85. The molecular formula is C21H23N3O2S. The van der Waals surface area contributed by atoms with E-state index in [1.54, 1.807) is 4.40 Å². The van der Waals surface area contributed by atoms with Crippen LogP contribution in [0.15, 0.2) is 35.3 Å². The normalized spacial score (nSPS) is 17.4. The average Bonchev–Trinajstić information content (AvgIpc) is 2.96. The topological polar surface area (TPSA) is 54.7 Å². The molecule has 1 atom stereocenters. The Morgan fingerprint density at radius 1 is 1.26 bits per heavy atom. The number of rotatable bonds is 2. The van der Waals surface area contributed by atoms with Crippen molar-refractivity contribution in [1.29, 1.82) is 0 Å². The molecule has 0 N–H and O–H groups in total. The van der Waals surface area contributed by atoms with Gasteiger partial charge < -0.3 is 4.90 Å². The predicted molar refractivity (Wildman–Crippen MR) is 108 cm³/mol. The first-order valence-electron chi connectivity index (χ1n) is 9.29. The van der Waals surface area contributed by atoms with Crippen molar-refractivity contribution in [1.82, 2.24) is 14.3 Å². The number of thiazole rings is 1. The number of carbonyl (C=O) groups excluding carboxylic acids is 1. The molecule has 2 aromatic heterocycles. The molecule has 1 aliphatic heterocycles. The van der Waals surface area contributed by atoms with Crippen LogP contribution in [0.25, 0.3) is 4.96 Å². The Balaban J connectivity index is 1.64. The van der Waals surface area contributed by atoms with Gasteiger partial charge in [-0.2, -0.15) is 0 Å². The first-order chi connectivity index (χ1) is 13.0. The SMILES string of the molecule is Cc1cccc(C2CCCN(C(=O)c3cnc4sc(C)c(C)n4c3=O)C2)c1. The maximum atomic E-state index is 13.1. The summed E-state index contributed by atoms with van der Waals surface area (Å²) < 4.78 is 1.56. The van der Waals surface area contributed by atoms with Gasteiger partial charge in [-0.05, 0) is 39.2 Å². The molecule has 1 aliphatic rings. The molecule has 0 bridgehead atoms. The van der Waals surface area contributed by atoms with Crippen LogP contribution in [0.1, 0.15) is 50.8 Å². The number of hydrogen-bond acceptors (Lipinski definition) is 4. The zero-order chi connectivity index (χ0) is 19.1. The summed E-state index contributed by atoms with van der Waals surface area (Å²) in [5.41, 5.74) is 3.26. The third-order valence-electron chi connectivity index (χ3n) is 5.47. The molecule has 27 heavy (non-hydrogen) atoms. The molecule has 1 fully saturated rings. The van der Waals surface area contributed by atoms with Crippen LogP contribution in [0.5, 0.6) is 0 Å². The maximum Gasteiger partial charge on any atom is 0.271 e. The summed E-state index contributed by atoms with van der Waals surface area (Å²) in [6.45, 7) is 7.27. The van der Waals surface area contributed by atoms with Gasteiger partial charge in [0.2, 0.25) is 0 Å². The van der Waals surface area contributed by atoms with E-state index in [0.717, 1.165) is 23.4 Å². The number of piperidine rings is 1. The van der Waals surface area contributed by atoms with Crippen molar-refractivity contribution in [2.75, 3.05) is 13.1 Å².